The summed E-state index contributed by atoms with van der Waals surface area (Å²) in [7, 11) is 0. The fourth-order valence-corrected chi connectivity index (χ4v) is 1.23. The van der Waals surface area contributed by atoms with Gasteiger partial charge in [0.15, 0.2) is 0 Å². The number of carbonyl (C=O) groups is 2. The van der Waals surface area contributed by atoms with Crippen molar-refractivity contribution in [3.8, 4) is 0 Å². The van der Waals surface area contributed by atoms with Crippen molar-refractivity contribution in [2.45, 2.75) is 6.92 Å². The topological polar surface area (TPSA) is 78.4 Å². The van der Waals surface area contributed by atoms with Crippen molar-refractivity contribution in [3.05, 3.63) is 29.6 Å². The van der Waals surface area contributed by atoms with Crippen LogP contribution in [0, 0.1) is 5.82 Å². The fourth-order valence-electron chi connectivity index (χ4n) is 1.23. The summed E-state index contributed by atoms with van der Waals surface area (Å²) in [6.07, 6.45) is 0. The first kappa shape index (κ1) is 13.0. The van der Waals surface area contributed by atoms with Gasteiger partial charge >= 0.3 is 5.97 Å². The number of carbonyl (C=O) groups excluding carboxylic acids is 1. The molecule has 0 fully saturated rings. The highest BCUT2D eigenvalue weighted by Gasteiger charge is 2.07. The number of carboxylic acids is 1. The van der Waals surface area contributed by atoms with E-state index in [4.69, 9.17) is 5.11 Å². The Morgan fingerprint density at radius 2 is 2.06 bits per heavy atom. The van der Waals surface area contributed by atoms with E-state index in [9.17, 15) is 14.0 Å². The molecule has 0 spiro atoms. The maximum Gasteiger partial charge on any atom is 0.335 e. The molecule has 1 aromatic rings. The Kier molecular flexibility index (Phi) is 4.45. The Morgan fingerprint density at radius 1 is 1.35 bits per heavy atom. The Bertz CT molecular complexity index is 435. The van der Waals surface area contributed by atoms with Crippen molar-refractivity contribution in [1.29, 1.82) is 0 Å². The minimum absolute atomic E-state index is 0.00780. The van der Waals surface area contributed by atoms with Crippen LogP contribution in [0.4, 0.5) is 10.1 Å². The van der Waals surface area contributed by atoms with Crippen LogP contribution >= 0.6 is 0 Å². The van der Waals surface area contributed by atoms with Gasteiger partial charge in [0.05, 0.1) is 11.3 Å². The van der Waals surface area contributed by atoms with E-state index in [2.05, 4.69) is 10.6 Å². The van der Waals surface area contributed by atoms with Crippen molar-refractivity contribution in [2.75, 3.05) is 18.4 Å². The van der Waals surface area contributed by atoms with Crippen molar-refractivity contribution in [1.82, 2.24) is 5.32 Å². The highest BCUT2D eigenvalue weighted by Crippen LogP contribution is 2.15. The molecule has 0 saturated carbocycles. The Hall–Kier alpha value is -2.11. The van der Waals surface area contributed by atoms with Gasteiger partial charge in [-0.3, -0.25) is 4.79 Å². The molecule has 17 heavy (non-hydrogen) atoms. The zero-order valence-corrected chi connectivity index (χ0v) is 9.29. The molecule has 0 atom stereocenters. The molecule has 0 aliphatic heterocycles. The van der Waals surface area contributed by atoms with Crippen LogP contribution in [0.1, 0.15) is 17.3 Å². The third kappa shape index (κ3) is 4.10. The third-order valence-electron chi connectivity index (χ3n) is 2.03. The molecule has 0 aromatic heterocycles. The highest BCUT2D eigenvalue weighted by atomic mass is 19.1. The van der Waals surface area contributed by atoms with Crippen LogP contribution in [0.2, 0.25) is 0 Å². The number of hydrogen-bond donors (Lipinski definition) is 3. The molecule has 1 rings (SSSR count). The van der Waals surface area contributed by atoms with Gasteiger partial charge in [0.25, 0.3) is 0 Å². The van der Waals surface area contributed by atoms with Gasteiger partial charge in [-0.15, -0.1) is 0 Å². The van der Waals surface area contributed by atoms with E-state index in [1.54, 1.807) is 0 Å². The number of amides is 1. The first-order valence-corrected chi connectivity index (χ1v) is 5.02. The molecule has 3 N–H and O–H groups in total. The monoisotopic (exact) mass is 240 g/mol. The zero-order chi connectivity index (χ0) is 12.8. The summed E-state index contributed by atoms with van der Waals surface area (Å²) in [5, 5.41) is 14.0. The zero-order valence-electron chi connectivity index (χ0n) is 9.29. The minimum Gasteiger partial charge on any atom is -0.478 e. The van der Waals surface area contributed by atoms with Crippen LogP contribution in [0.3, 0.4) is 0 Å². The van der Waals surface area contributed by atoms with Gasteiger partial charge in [-0.2, -0.15) is 0 Å². The van der Waals surface area contributed by atoms with E-state index in [1.807, 2.05) is 0 Å². The van der Waals surface area contributed by atoms with Crippen LogP contribution in [0.25, 0.3) is 0 Å². The van der Waals surface area contributed by atoms with Crippen LogP contribution in [0.15, 0.2) is 18.2 Å². The fraction of sp³-hybridized carbons (Fsp3) is 0.273. The maximum absolute atomic E-state index is 13.3. The molecule has 0 bridgehead atoms. The van der Waals surface area contributed by atoms with Crippen LogP contribution in [-0.2, 0) is 4.79 Å². The first-order valence-electron chi connectivity index (χ1n) is 5.02. The Morgan fingerprint density at radius 3 is 2.65 bits per heavy atom. The molecule has 1 amide bonds. The van der Waals surface area contributed by atoms with Crippen LogP contribution < -0.4 is 10.6 Å². The van der Waals surface area contributed by atoms with Crippen molar-refractivity contribution < 1.29 is 19.1 Å². The number of carboxylic acid groups (broad SMARTS) is 1. The molecule has 0 aliphatic carbocycles. The number of halogens is 1. The smallest absolute Gasteiger partial charge is 0.335 e. The predicted octanol–water partition coefficient (Wildman–Crippen LogP) is 1.07. The Balaban J connectivity index is 2.60. The number of aromatic carboxylic acids is 1. The van der Waals surface area contributed by atoms with Crippen molar-refractivity contribution in [3.63, 3.8) is 0 Å². The standard InChI is InChI=1S/C11H13FN2O3/c1-7(15)13-4-5-14-10-6-8(11(16)17)2-3-9(10)12/h2-3,6,14H,4-5H2,1H3,(H,13,15)(H,16,17). The lowest BCUT2D eigenvalue weighted by atomic mass is 10.2. The van der Waals surface area contributed by atoms with Gasteiger partial charge in [0.2, 0.25) is 5.91 Å². The maximum atomic E-state index is 13.3. The lowest BCUT2D eigenvalue weighted by molar-refractivity contribution is -0.118. The van der Waals surface area contributed by atoms with Gasteiger partial charge in [-0.05, 0) is 18.2 Å². The molecular weight excluding hydrogens is 227 g/mol. The van der Waals surface area contributed by atoms with Gasteiger partial charge < -0.3 is 15.7 Å². The lowest BCUT2D eigenvalue weighted by Gasteiger charge is -2.08. The van der Waals surface area contributed by atoms with Gasteiger partial charge in [0, 0.05) is 20.0 Å². The average molecular weight is 240 g/mol. The second-order valence-electron chi connectivity index (χ2n) is 3.41. The molecule has 0 aliphatic rings. The summed E-state index contributed by atoms with van der Waals surface area (Å²) in [6, 6.07) is 3.49. The molecular formula is C11H13FN2O3. The average Bonchev–Trinajstić information content (AvgIpc) is 2.25. The summed E-state index contributed by atoms with van der Waals surface area (Å²) in [4.78, 5) is 21.3. The highest BCUT2D eigenvalue weighted by molar-refractivity contribution is 5.88. The summed E-state index contributed by atoms with van der Waals surface area (Å²) in [5.41, 5.74) is 0.115. The van der Waals surface area contributed by atoms with Crippen LogP contribution in [-0.4, -0.2) is 30.1 Å². The molecule has 0 heterocycles. The SMILES string of the molecule is CC(=O)NCCNc1cc(C(=O)O)ccc1F. The summed E-state index contributed by atoms with van der Waals surface area (Å²) >= 11 is 0. The van der Waals surface area contributed by atoms with E-state index in [-0.39, 0.29) is 17.2 Å². The normalized spacial score (nSPS) is 9.76. The van der Waals surface area contributed by atoms with E-state index in [0.29, 0.717) is 13.1 Å². The minimum atomic E-state index is -1.12. The van der Waals surface area contributed by atoms with Gasteiger partial charge in [-0.1, -0.05) is 0 Å². The number of rotatable bonds is 5. The largest absolute Gasteiger partial charge is 0.478 e. The number of anilines is 1. The van der Waals surface area contributed by atoms with E-state index >= 15 is 0 Å². The van der Waals surface area contributed by atoms with Crippen LogP contribution in [0.5, 0.6) is 0 Å². The molecule has 0 radical (unpaired) electrons. The summed E-state index contributed by atoms with van der Waals surface area (Å²) in [6.45, 7) is 2.04. The second kappa shape index (κ2) is 5.83. The summed E-state index contributed by atoms with van der Waals surface area (Å²) < 4.78 is 13.3. The number of benzene rings is 1. The Labute approximate surface area is 97.6 Å². The molecule has 0 saturated heterocycles. The number of nitrogens with one attached hydrogen (secondary N) is 2. The number of hydrogen-bond acceptors (Lipinski definition) is 3. The molecule has 0 unspecified atom stereocenters. The lowest BCUT2D eigenvalue weighted by Crippen LogP contribution is -2.26. The van der Waals surface area contributed by atoms with Crippen molar-refractivity contribution >= 4 is 17.6 Å². The third-order valence-corrected chi connectivity index (χ3v) is 2.03. The van der Waals surface area contributed by atoms with Gasteiger partial charge in [-0.25, -0.2) is 9.18 Å². The summed E-state index contributed by atoms with van der Waals surface area (Å²) in [5.74, 6) is -1.82. The predicted molar refractivity (Wildman–Crippen MR) is 60.5 cm³/mol. The second-order valence-corrected chi connectivity index (χ2v) is 3.41. The van der Waals surface area contributed by atoms with E-state index in [1.165, 1.54) is 19.1 Å². The van der Waals surface area contributed by atoms with E-state index < -0.39 is 11.8 Å². The molecule has 92 valence electrons. The molecule has 6 heteroatoms. The first-order chi connectivity index (χ1) is 8.00. The van der Waals surface area contributed by atoms with Gasteiger partial charge in [0.1, 0.15) is 5.82 Å². The molecule has 5 nitrogen and oxygen atoms in total. The van der Waals surface area contributed by atoms with E-state index in [0.717, 1.165) is 6.07 Å². The molecule has 1 aromatic carbocycles. The quantitative estimate of drug-likeness (QED) is 0.673. The van der Waals surface area contributed by atoms with Crippen molar-refractivity contribution in [2.24, 2.45) is 0 Å².